The number of hydrogen-bond donors (Lipinski definition) is 2. The van der Waals surface area contributed by atoms with Gasteiger partial charge >= 0.3 is 6.09 Å². The number of nitrogens with one attached hydrogen (secondary N) is 1. The number of ether oxygens (including phenoxy) is 1. The number of nitriles is 1. The number of hydrogen-bond acceptors (Lipinski definition) is 6. The van der Waals surface area contributed by atoms with Gasteiger partial charge in [-0.05, 0) is 30.0 Å². The third kappa shape index (κ3) is 2.70. The summed E-state index contributed by atoms with van der Waals surface area (Å²) in [5.41, 5.74) is 7.21. The molecule has 0 spiro atoms. The van der Waals surface area contributed by atoms with Crippen LogP contribution in [0.2, 0.25) is 0 Å². The van der Waals surface area contributed by atoms with Crippen LogP contribution in [-0.2, 0) is 9.53 Å². The van der Waals surface area contributed by atoms with Gasteiger partial charge < -0.3 is 15.8 Å². The van der Waals surface area contributed by atoms with Crippen molar-refractivity contribution < 1.29 is 14.3 Å². The number of rotatable bonds is 3. The third-order valence-electron chi connectivity index (χ3n) is 4.47. The van der Waals surface area contributed by atoms with Gasteiger partial charge in [-0.25, -0.2) is 9.78 Å². The molecule has 2 atom stereocenters. The van der Waals surface area contributed by atoms with Crippen LogP contribution in [0.4, 0.5) is 22.0 Å². The molecule has 2 amide bonds. The van der Waals surface area contributed by atoms with Gasteiger partial charge in [-0.3, -0.25) is 9.69 Å². The van der Waals surface area contributed by atoms with Crippen molar-refractivity contribution in [3.8, 4) is 6.07 Å². The van der Waals surface area contributed by atoms with E-state index in [1.54, 1.807) is 18.3 Å². The van der Waals surface area contributed by atoms with Crippen LogP contribution in [-0.4, -0.2) is 30.1 Å². The number of cyclic esters (lactones) is 1. The van der Waals surface area contributed by atoms with Gasteiger partial charge in [0.15, 0.2) is 0 Å². The second kappa shape index (κ2) is 5.63. The number of anilines is 3. The number of nitrogens with zero attached hydrogens (tertiary/aromatic N) is 3. The fraction of sp³-hybridized carbons (Fsp3) is 0.294. The maximum absolute atomic E-state index is 12.1. The second-order valence-corrected chi connectivity index (χ2v) is 6.16. The molecular formula is C17H15N5O3. The van der Waals surface area contributed by atoms with E-state index in [0.29, 0.717) is 36.8 Å². The topological polar surface area (TPSA) is 121 Å². The molecule has 1 aliphatic carbocycles. The van der Waals surface area contributed by atoms with E-state index in [9.17, 15) is 9.59 Å². The third-order valence-corrected chi connectivity index (χ3v) is 4.47. The van der Waals surface area contributed by atoms with Crippen molar-refractivity contribution in [1.82, 2.24) is 4.98 Å². The molecule has 0 radical (unpaired) electrons. The van der Waals surface area contributed by atoms with E-state index in [-0.39, 0.29) is 17.7 Å². The summed E-state index contributed by atoms with van der Waals surface area (Å²) in [6.45, 7) is 0.811. The van der Waals surface area contributed by atoms with E-state index in [4.69, 9.17) is 15.7 Å². The number of aromatic nitrogens is 1. The van der Waals surface area contributed by atoms with Crippen LogP contribution in [0.3, 0.4) is 0 Å². The molecule has 1 aliphatic heterocycles. The first-order valence-corrected chi connectivity index (χ1v) is 7.91. The molecule has 0 bridgehead atoms. The predicted molar refractivity (Wildman–Crippen MR) is 90.7 cm³/mol. The standard InChI is InChI=1S/C17H15N5O3/c18-7-10-4-12(10)16(23)21-15-5-9-3-11(22-1-2-25-17(22)24)6-14(19)13(9)8-20-15/h3,5-6,8,10,12H,1-2,4,19H2,(H,20,21,23). The Morgan fingerprint density at radius 2 is 2.28 bits per heavy atom. The van der Waals surface area contributed by atoms with E-state index in [1.807, 2.05) is 6.07 Å². The number of pyridine rings is 1. The van der Waals surface area contributed by atoms with E-state index in [0.717, 1.165) is 10.8 Å². The van der Waals surface area contributed by atoms with Crippen LogP contribution in [0, 0.1) is 23.2 Å². The maximum atomic E-state index is 12.1. The van der Waals surface area contributed by atoms with Crippen molar-refractivity contribution in [2.75, 3.05) is 29.1 Å². The summed E-state index contributed by atoms with van der Waals surface area (Å²) in [4.78, 5) is 29.5. The lowest BCUT2D eigenvalue weighted by molar-refractivity contribution is -0.117. The molecule has 2 unspecified atom stereocenters. The molecule has 8 nitrogen and oxygen atoms in total. The highest BCUT2D eigenvalue weighted by Crippen LogP contribution is 2.38. The lowest BCUT2D eigenvalue weighted by Gasteiger charge is -2.15. The average molecular weight is 337 g/mol. The molecule has 3 N–H and O–H groups in total. The molecular weight excluding hydrogens is 322 g/mol. The first kappa shape index (κ1) is 15.2. The average Bonchev–Trinajstić information content (AvgIpc) is 3.27. The number of carbonyl (C=O) groups excluding carboxylic acids is 2. The molecule has 126 valence electrons. The minimum absolute atomic E-state index is 0.203. The zero-order valence-electron chi connectivity index (χ0n) is 13.2. The smallest absolute Gasteiger partial charge is 0.414 e. The Bertz CT molecular complexity index is 936. The van der Waals surface area contributed by atoms with Crippen LogP contribution < -0.4 is 16.0 Å². The number of amides is 2. The van der Waals surface area contributed by atoms with Gasteiger partial charge in [0.2, 0.25) is 5.91 Å². The number of nitrogens with two attached hydrogens (primary N) is 1. The van der Waals surface area contributed by atoms with E-state index in [2.05, 4.69) is 16.4 Å². The fourth-order valence-electron chi connectivity index (χ4n) is 2.97. The SMILES string of the molecule is N#CC1CC1C(=O)Nc1cc2cc(N3CCOC3=O)cc(N)c2cn1. The summed E-state index contributed by atoms with van der Waals surface area (Å²) in [7, 11) is 0. The van der Waals surface area contributed by atoms with E-state index in [1.165, 1.54) is 4.90 Å². The van der Waals surface area contributed by atoms with Crippen LogP contribution in [0.5, 0.6) is 0 Å². The minimum Gasteiger partial charge on any atom is -0.447 e. The Morgan fingerprint density at radius 3 is 2.96 bits per heavy atom. The molecule has 25 heavy (non-hydrogen) atoms. The van der Waals surface area contributed by atoms with Crippen LogP contribution >= 0.6 is 0 Å². The highest BCUT2D eigenvalue weighted by Gasteiger charge is 2.43. The summed E-state index contributed by atoms with van der Waals surface area (Å²) >= 11 is 0. The highest BCUT2D eigenvalue weighted by atomic mass is 16.6. The summed E-state index contributed by atoms with van der Waals surface area (Å²) < 4.78 is 4.95. The maximum Gasteiger partial charge on any atom is 0.414 e. The lowest BCUT2D eigenvalue weighted by Crippen LogP contribution is -2.23. The molecule has 2 aromatic rings. The monoisotopic (exact) mass is 337 g/mol. The van der Waals surface area contributed by atoms with Gasteiger partial charge in [-0.2, -0.15) is 5.26 Å². The van der Waals surface area contributed by atoms with Gasteiger partial charge in [-0.15, -0.1) is 0 Å². The molecule has 1 aromatic carbocycles. The Kier molecular flexibility index (Phi) is 3.42. The summed E-state index contributed by atoms with van der Waals surface area (Å²) in [6, 6.07) is 7.31. The van der Waals surface area contributed by atoms with Crippen molar-refractivity contribution in [3.05, 3.63) is 24.4 Å². The second-order valence-electron chi connectivity index (χ2n) is 6.16. The fourth-order valence-corrected chi connectivity index (χ4v) is 2.97. The van der Waals surface area contributed by atoms with Gasteiger partial charge in [0.25, 0.3) is 0 Å². The molecule has 8 heteroatoms. The number of fused-ring (bicyclic) bond motifs is 1. The number of benzene rings is 1. The molecule has 2 heterocycles. The molecule has 4 rings (SSSR count). The first-order valence-electron chi connectivity index (χ1n) is 7.91. The van der Waals surface area contributed by atoms with E-state index < -0.39 is 6.09 Å². The zero-order chi connectivity index (χ0) is 17.6. The molecule has 2 aliphatic rings. The first-order chi connectivity index (χ1) is 12.1. The van der Waals surface area contributed by atoms with Gasteiger partial charge in [0.05, 0.1) is 24.4 Å². The Morgan fingerprint density at radius 1 is 1.44 bits per heavy atom. The largest absolute Gasteiger partial charge is 0.447 e. The normalized spacial score (nSPS) is 21.7. The summed E-state index contributed by atoms with van der Waals surface area (Å²) in [5.74, 6) is -0.283. The van der Waals surface area contributed by atoms with Gasteiger partial charge in [0.1, 0.15) is 12.4 Å². The molecule has 1 aromatic heterocycles. The van der Waals surface area contributed by atoms with E-state index >= 15 is 0 Å². The Labute approximate surface area is 143 Å². The minimum atomic E-state index is -0.405. The van der Waals surface area contributed by atoms with Crippen LogP contribution in [0.25, 0.3) is 10.8 Å². The van der Waals surface area contributed by atoms with Crippen molar-refractivity contribution >= 4 is 40.0 Å². The lowest BCUT2D eigenvalue weighted by atomic mass is 10.1. The Hall–Kier alpha value is -3.34. The molecule has 2 fully saturated rings. The van der Waals surface area contributed by atoms with Crippen molar-refractivity contribution in [2.45, 2.75) is 6.42 Å². The summed E-state index contributed by atoms with van der Waals surface area (Å²) in [6.07, 6.45) is 1.77. The van der Waals surface area contributed by atoms with Crippen molar-refractivity contribution in [2.24, 2.45) is 11.8 Å². The highest BCUT2D eigenvalue weighted by molar-refractivity contribution is 6.01. The number of carbonyl (C=O) groups is 2. The quantitative estimate of drug-likeness (QED) is 0.825. The van der Waals surface area contributed by atoms with Gasteiger partial charge in [-0.1, -0.05) is 0 Å². The zero-order valence-corrected chi connectivity index (χ0v) is 13.2. The molecule has 1 saturated carbocycles. The molecule has 1 saturated heterocycles. The van der Waals surface area contributed by atoms with Crippen LogP contribution in [0.15, 0.2) is 24.4 Å². The van der Waals surface area contributed by atoms with Gasteiger partial charge in [0, 0.05) is 23.0 Å². The van der Waals surface area contributed by atoms with Crippen LogP contribution in [0.1, 0.15) is 6.42 Å². The summed E-state index contributed by atoms with van der Waals surface area (Å²) in [5, 5.41) is 13.0. The Balaban J connectivity index is 1.64. The van der Waals surface area contributed by atoms with Crippen molar-refractivity contribution in [3.63, 3.8) is 0 Å². The number of nitrogen functional groups attached to an aromatic ring is 1. The van der Waals surface area contributed by atoms with Crippen molar-refractivity contribution in [1.29, 1.82) is 5.26 Å². The predicted octanol–water partition coefficient (Wildman–Crippen LogP) is 1.87.